The van der Waals surface area contributed by atoms with Crippen molar-refractivity contribution in [3.63, 3.8) is 0 Å². The second-order valence-corrected chi connectivity index (χ2v) is 6.09. The quantitative estimate of drug-likeness (QED) is 0.798. The van der Waals surface area contributed by atoms with Crippen LogP contribution in [0.3, 0.4) is 0 Å². The molecule has 7 heteroatoms. The number of rotatable bonds is 3. The van der Waals surface area contributed by atoms with Gasteiger partial charge in [0, 0.05) is 30.3 Å². The van der Waals surface area contributed by atoms with Gasteiger partial charge in [0.1, 0.15) is 17.8 Å². The summed E-state index contributed by atoms with van der Waals surface area (Å²) in [4.78, 5) is 27.8. The number of nitrogens with one attached hydrogen (secondary N) is 1. The van der Waals surface area contributed by atoms with Gasteiger partial charge in [-0.1, -0.05) is 0 Å². The van der Waals surface area contributed by atoms with Crippen LogP contribution in [-0.4, -0.2) is 36.4 Å². The molecule has 0 amide bonds. The highest BCUT2D eigenvalue weighted by Gasteiger charge is 2.30. The lowest BCUT2D eigenvalue weighted by Gasteiger charge is -2.24. The van der Waals surface area contributed by atoms with Gasteiger partial charge in [-0.25, -0.2) is 24.9 Å². The van der Waals surface area contributed by atoms with Crippen molar-refractivity contribution in [3.05, 3.63) is 48.1 Å². The zero-order valence-corrected chi connectivity index (χ0v) is 13.8. The summed E-state index contributed by atoms with van der Waals surface area (Å²) in [5, 5.41) is 0. The Morgan fingerprint density at radius 2 is 2.12 bits per heavy atom. The molecule has 0 spiro atoms. The van der Waals surface area contributed by atoms with Crippen LogP contribution in [0.5, 0.6) is 0 Å². The Bertz CT molecular complexity index is 843. The number of anilines is 1. The first-order chi connectivity index (χ1) is 11.7. The van der Waals surface area contributed by atoms with Crippen LogP contribution in [0, 0.1) is 13.8 Å². The zero-order chi connectivity index (χ0) is 16.5. The smallest absolute Gasteiger partial charge is 0.156 e. The van der Waals surface area contributed by atoms with Gasteiger partial charge in [0.05, 0.1) is 6.04 Å². The lowest BCUT2D eigenvalue weighted by molar-refractivity contribution is 0.657. The summed E-state index contributed by atoms with van der Waals surface area (Å²) >= 11 is 0. The molecule has 0 saturated carbocycles. The van der Waals surface area contributed by atoms with Crippen molar-refractivity contribution in [2.45, 2.75) is 32.7 Å². The monoisotopic (exact) mass is 321 g/mol. The normalized spacial score (nSPS) is 17.4. The largest absolute Gasteiger partial charge is 0.346 e. The molecule has 0 unspecified atom stereocenters. The Balaban J connectivity index is 1.72. The van der Waals surface area contributed by atoms with E-state index in [9.17, 15) is 0 Å². The number of hydrogen-bond donors (Lipinski definition) is 1. The standard InChI is InChI=1S/C17H19N7/c1-11-8-13(16-19-9-12(2)22-16)23-17(21-11)14-4-3-7-24(14)15-5-6-18-10-20-15/h5-6,8-10,14H,3-4,7H2,1-2H3,(H,19,22)/t14-/m0/s1. The van der Waals surface area contributed by atoms with E-state index < -0.39 is 0 Å². The molecule has 4 rings (SSSR count). The molecule has 0 bridgehead atoms. The van der Waals surface area contributed by atoms with E-state index in [1.807, 2.05) is 32.2 Å². The number of aromatic nitrogens is 6. The van der Waals surface area contributed by atoms with Gasteiger partial charge in [-0.3, -0.25) is 0 Å². The van der Waals surface area contributed by atoms with Gasteiger partial charge < -0.3 is 9.88 Å². The number of H-pyrrole nitrogens is 1. The van der Waals surface area contributed by atoms with Crippen molar-refractivity contribution < 1.29 is 0 Å². The summed E-state index contributed by atoms with van der Waals surface area (Å²) in [5.41, 5.74) is 2.80. The Hall–Kier alpha value is -2.83. The third kappa shape index (κ3) is 2.73. The van der Waals surface area contributed by atoms with Crippen LogP contribution in [-0.2, 0) is 0 Å². The molecule has 7 nitrogen and oxygen atoms in total. The second kappa shape index (κ2) is 5.99. The summed E-state index contributed by atoms with van der Waals surface area (Å²) < 4.78 is 0. The van der Waals surface area contributed by atoms with E-state index in [0.29, 0.717) is 0 Å². The number of imidazole rings is 1. The van der Waals surface area contributed by atoms with Crippen molar-refractivity contribution in [2.24, 2.45) is 0 Å². The summed E-state index contributed by atoms with van der Waals surface area (Å²) in [6, 6.07) is 4.03. The molecule has 0 radical (unpaired) electrons. The van der Waals surface area contributed by atoms with Crippen LogP contribution < -0.4 is 4.90 Å². The van der Waals surface area contributed by atoms with Crippen molar-refractivity contribution >= 4 is 5.82 Å². The van der Waals surface area contributed by atoms with E-state index in [4.69, 9.17) is 4.98 Å². The average Bonchev–Trinajstić information content (AvgIpc) is 3.24. The highest BCUT2D eigenvalue weighted by atomic mass is 15.3. The van der Waals surface area contributed by atoms with Crippen LogP contribution >= 0.6 is 0 Å². The fourth-order valence-electron chi connectivity index (χ4n) is 3.17. The van der Waals surface area contributed by atoms with Crippen molar-refractivity contribution in [2.75, 3.05) is 11.4 Å². The molecule has 3 aromatic heterocycles. The van der Waals surface area contributed by atoms with Crippen molar-refractivity contribution in [1.82, 2.24) is 29.9 Å². The predicted molar refractivity (Wildman–Crippen MR) is 90.4 cm³/mol. The molecule has 1 atom stereocenters. The second-order valence-electron chi connectivity index (χ2n) is 6.09. The minimum Gasteiger partial charge on any atom is -0.346 e. The van der Waals surface area contributed by atoms with Gasteiger partial charge in [0.2, 0.25) is 0 Å². The number of aryl methyl sites for hydroxylation is 2. The van der Waals surface area contributed by atoms with Gasteiger partial charge in [-0.05, 0) is 38.8 Å². The minimum atomic E-state index is 0.134. The van der Waals surface area contributed by atoms with Gasteiger partial charge in [0.15, 0.2) is 11.6 Å². The highest BCUT2D eigenvalue weighted by molar-refractivity contribution is 5.50. The van der Waals surface area contributed by atoms with Crippen molar-refractivity contribution in [3.8, 4) is 11.5 Å². The summed E-state index contributed by atoms with van der Waals surface area (Å²) in [6.45, 7) is 4.93. The van der Waals surface area contributed by atoms with Crippen LogP contribution in [0.1, 0.15) is 36.1 Å². The summed E-state index contributed by atoms with van der Waals surface area (Å²) in [5.74, 6) is 2.54. The van der Waals surface area contributed by atoms with E-state index in [-0.39, 0.29) is 6.04 Å². The molecule has 0 aromatic carbocycles. The maximum Gasteiger partial charge on any atom is 0.156 e. The fraction of sp³-hybridized carbons (Fsp3) is 0.353. The SMILES string of the molecule is Cc1cc(-c2ncc(C)[nH]2)nc([C@@H]2CCCN2c2ccncn2)n1. The van der Waals surface area contributed by atoms with Crippen LogP contribution in [0.25, 0.3) is 11.5 Å². The molecular formula is C17H19N7. The van der Waals surface area contributed by atoms with Gasteiger partial charge in [-0.15, -0.1) is 0 Å². The third-order valence-electron chi connectivity index (χ3n) is 4.23. The lowest BCUT2D eigenvalue weighted by Crippen LogP contribution is -2.25. The molecule has 1 aliphatic heterocycles. The molecule has 1 fully saturated rings. The van der Waals surface area contributed by atoms with E-state index in [1.165, 1.54) is 0 Å². The Kier molecular flexibility index (Phi) is 3.68. The molecule has 1 aliphatic rings. The van der Waals surface area contributed by atoms with Gasteiger partial charge >= 0.3 is 0 Å². The Morgan fingerprint density at radius 1 is 1.21 bits per heavy atom. The lowest BCUT2D eigenvalue weighted by atomic mass is 10.2. The molecule has 4 heterocycles. The van der Waals surface area contributed by atoms with E-state index >= 15 is 0 Å². The fourth-order valence-corrected chi connectivity index (χ4v) is 3.17. The first-order valence-electron chi connectivity index (χ1n) is 8.11. The summed E-state index contributed by atoms with van der Waals surface area (Å²) in [6.07, 6.45) is 7.28. The molecule has 1 N–H and O–H groups in total. The van der Waals surface area contributed by atoms with Crippen LogP contribution in [0.15, 0.2) is 30.9 Å². The topological polar surface area (TPSA) is 83.5 Å². The van der Waals surface area contributed by atoms with Gasteiger partial charge in [-0.2, -0.15) is 0 Å². The molecule has 122 valence electrons. The van der Waals surface area contributed by atoms with Gasteiger partial charge in [0.25, 0.3) is 0 Å². The zero-order valence-electron chi connectivity index (χ0n) is 13.8. The van der Waals surface area contributed by atoms with Crippen molar-refractivity contribution in [1.29, 1.82) is 0 Å². The van der Waals surface area contributed by atoms with E-state index in [2.05, 4.69) is 29.8 Å². The van der Waals surface area contributed by atoms with Crippen LogP contribution in [0.2, 0.25) is 0 Å². The molecule has 0 aliphatic carbocycles. The molecule has 3 aromatic rings. The Morgan fingerprint density at radius 3 is 2.88 bits per heavy atom. The van der Waals surface area contributed by atoms with E-state index in [0.717, 1.165) is 53.9 Å². The van der Waals surface area contributed by atoms with E-state index in [1.54, 1.807) is 12.5 Å². The number of aromatic amines is 1. The Labute approximate surface area is 140 Å². The highest BCUT2D eigenvalue weighted by Crippen LogP contribution is 2.34. The maximum absolute atomic E-state index is 4.78. The molecule has 1 saturated heterocycles. The minimum absolute atomic E-state index is 0.134. The number of hydrogen-bond acceptors (Lipinski definition) is 6. The van der Waals surface area contributed by atoms with Crippen LogP contribution in [0.4, 0.5) is 5.82 Å². The first-order valence-corrected chi connectivity index (χ1v) is 8.11. The third-order valence-corrected chi connectivity index (χ3v) is 4.23. The first kappa shape index (κ1) is 14.7. The molecular weight excluding hydrogens is 302 g/mol. The number of nitrogens with zero attached hydrogens (tertiary/aromatic N) is 6. The summed E-state index contributed by atoms with van der Waals surface area (Å²) in [7, 11) is 0. The maximum atomic E-state index is 4.78. The predicted octanol–water partition coefficient (Wildman–Crippen LogP) is 2.62. The average molecular weight is 321 g/mol. The molecule has 24 heavy (non-hydrogen) atoms.